The highest BCUT2D eigenvalue weighted by Gasteiger charge is 2.15. The number of rotatable bonds is 6. The second kappa shape index (κ2) is 5.75. The van der Waals surface area contributed by atoms with Gasteiger partial charge in [0.25, 0.3) is 0 Å². The van der Waals surface area contributed by atoms with E-state index in [0.717, 1.165) is 43.1 Å². The summed E-state index contributed by atoms with van der Waals surface area (Å²) in [6.45, 7) is 3.99. The van der Waals surface area contributed by atoms with Gasteiger partial charge in [0.1, 0.15) is 5.82 Å². The Balaban J connectivity index is 2.86. The van der Waals surface area contributed by atoms with Gasteiger partial charge in [0.2, 0.25) is 0 Å². The first kappa shape index (κ1) is 12.8. The Morgan fingerprint density at radius 3 is 2.75 bits per heavy atom. The fourth-order valence-corrected chi connectivity index (χ4v) is 1.85. The first-order valence-corrected chi connectivity index (χ1v) is 5.78. The van der Waals surface area contributed by atoms with Crippen LogP contribution in [-0.2, 0) is 13.5 Å². The van der Waals surface area contributed by atoms with Crippen LogP contribution in [0, 0.1) is 0 Å². The van der Waals surface area contributed by atoms with Crippen molar-refractivity contribution < 1.29 is 0 Å². The molecule has 1 rings (SSSR count). The number of anilines is 2. The molecule has 1 heterocycles. The van der Waals surface area contributed by atoms with Crippen LogP contribution in [-0.4, -0.2) is 37.0 Å². The highest BCUT2D eigenvalue weighted by molar-refractivity contribution is 5.66. The number of nitrogens with two attached hydrogens (primary N) is 1. The summed E-state index contributed by atoms with van der Waals surface area (Å²) in [6, 6.07) is 0. The van der Waals surface area contributed by atoms with Crippen molar-refractivity contribution in [2.75, 3.05) is 37.8 Å². The molecule has 0 fully saturated rings. The van der Waals surface area contributed by atoms with Gasteiger partial charge in [0.05, 0.1) is 11.4 Å². The Morgan fingerprint density at radius 2 is 2.19 bits per heavy atom. The standard InChI is InChI=1S/C11H23N5/c1-5-6-9-10(12)11(16(4)14-9)15(3)8-7-13-2/h13H,5-8,12H2,1-4H3. The van der Waals surface area contributed by atoms with Crippen LogP contribution in [0.4, 0.5) is 11.5 Å². The van der Waals surface area contributed by atoms with Crippen LogP contribution < -0.4 is 16.0 Å². The summed E-state index contributed by atoms with van der Waals surface area (Å²) < 4.78 is 1.87. The van der Waals surface area contributed by atoms with Gasteiger partial charge in [-0.15, -0.1) is 0 Å². The van der Waals surface area contributed by atoms with Crippen molar-refractivity contribution in [1.29, 1.82) is 0 Å². The zero-order valence-electron chi connectivity index (χ0n) is 10.7. The van der Waals surface area contributed by atoms with Crippen molar-refractivity contribution in [3.05, 3.63) is 5.69 Å². The maximum Gasteiger partial charge on any atom is 0.150 e. The van der Waals surface area contributed by atoms with E-state index in [-0.39, 0.29) is 0 Å². The lowest BCUT2D eigenvalue weighted by atomic mass is 10.2. The highest BCUT2D eigenvalue weighted by atomic mass is 15.4. The van der Waals surface area contributed by atoms with Gasteiger partial charge < -0.3 is 16.0 Å². The SMILES string of the molecule is CCCc1nn(C)c(N(C)CCNC)c1N. The minimum atomic E-state index is 0.822. The molecule has 0 atom stereocenters. The Kier molecular flexibility index (Phi) is 4.61. The fourth-order valence-electron chi connectivity index (χ4n) is 1.85. The molecule has 0 spiro atoms. The predicted octanol–water partition coefficient (Wildman–Crippen LogP) is 0.610. The summed E-state index contributed by atoms with van der Waals surface area (Å²) in [5, 5.41) is 7.59. The summed E-state index contributed by atoms with van der Waals surface area (Å²) >= 11 is 0. The maximum atomic E-state index is 6.12. The summed E-state index contributed by atoms with van der Waals surface area (Å²) in [6.07, 6.45) is 2.01. The van der Waals surface area contributed by atoms with Crippen molar-refractivity contribution in [3.63, 3.8) is 0 Å². The first-order valence-electron chi connectivity index (χ1n) is 5.78. The van der Waals surface area contributed by atoms with E-state index in [1.54, 1.807) is 0 Å². The molecule has 92 valence electrons. The summed E-state index contributed by atoms with van der Waals surface area (Å²) in [5.74, 6) is 1.01. The molecule has 1 aromatic heterocycles. The molecule has 0 aliphatic carbocycles. The van der Waals surface area contributed by atoms with Gasteiger partial charge >= 0.3 is 0 Å². The molecule has 0 aliphatic heterocycles. The second-order valence-corrected chi connectivity index (χ2v) is 4.08. The van der Waals surface area contributed by atoms with Crippen LogP contribution in [0.3, 0.4) is 0 Å². The number of nitrogens with one attached hydrogen (secondary N) is 1. The predicted molar refractivity (Wildman–Crippen MR) is 68.8 cm³/mol. The van der Waals surface area contributed by atoms with Crippen molar-refractivity contribution in [3.8, 4) is 0 Å². The molecule has 0 unspecified atom stereocenters. The molecule has 0 aromatic carbocycles. The molecule has 0 amide bonds. The van der Waals surface area contributed by atoms with E-state index in [1.165, 1.54) is 0 Å². The van der Waals surface area contributed by atoms with Crippen LogP contribution >= 0.6 is 0 Å². The van der Waals surface area contributed by atoms with Crippen LogP contribution in [0.1, 0.15) is 19.0 Å². The number of hydrogen-bond donors (Lipinski definition) is 2. The lowest BCUT2D eigenvalue weighted by molar-refractivity contribution is 0.697. The molecule has 5 nitrogen and oxygen atoms in total. The normalized spacial score (nSPS) is 10.8. The third kappa shape index (κ3) is 2.66. The second-order valence-electron chi connectivity index (χ2n) is 4.08. The first-order chi connectivity index (χ1) is 7.61. The van der Waals surface area contributed by atoms with E-state index in [9.17, 15) is 0 Å². The van der Waals surface area contributed by atoms with Crippen molar-refractivity contribution in [1.82, 2.24) is 15.1 Å². The van der Waals surface area contributed by atoms with Crippen molar-refractivity contribution >= 4 is 11.5 Å². The van der Waals surface area contributed by atoms with Crippen molar-refractivity contribution in [2.24, 2.45) is 7.05 Å². The Morgan fingerprint density at radius 1 is 1.50 bits per heavy atom. The third-order valence-electron chi connectivity index (χ3n) is 2.67. The third-order valence-corrected chi connectivity index (χ3v) is 2.67. The topological polar surface area (TPSA) is 59.1 Å². The number of aromatic nitrogens is 2. The molecule has 5 heteroatoms. The van der Waals surface area contributed by atoms with E-state index < -0.39 is 0 Å². The van der Waals surface area contributed by atoms with Gasteiger partial charge in [0, 0.05) is 27.2 Å². The fraction of sp³-hybridized carbons (Fsp3) is 0.727. The summed E-state index contributed by atoms with van der Waals surface area (Å²) in [5.41, 5.74) is 7.95. The zero-order chi connectivity index (χ0) is 12.1. The Bertz CT molecular complexity index is 331. The molecule has 0 saturated carbocycles. The molecule has 0 radical (unpaired) electrons. The van der Waals surface area contributed by atoms with Gasteiger partial charge in [-0.3, -0.25) is 4.68 Å². The van der Waals surface area contributed by atoms with Gasteiger partial charge in [-0.25, -0.2) is 0 Å². The number of aryl methyl sites for hydroxylation is 2. The molecule has 0 saturated heterocycles. The average molecular weight is 225 g/mol. The monoisotopic (exact) mass is 225 g/mol. The molecule has 0 bridgehead atoms. The smallest absolute Gasteiger partial charge is 0.150 e. The average Bonchev–Trinajstić information content (AvgIpc) is 2.52. The number of nitrogens with zero attached hydrogens (tertiary/aromatic N) is 3. The van der Waals surface area contributed by atoms with Crippen molar-refractivity contribution in [2.45, 2.75) is 19.8 Å². The quantitative estimate of drug-likeness (QED) is 0.745. The lowest BCUT2D eigenvalue weighted by Crippen LogP contribution is -2.29. The Hall–Kier alpha value is -1.23. The van der Waals surface area contributed by atoms with E-state index in [1.807, 2.05) is 25.8 Å². The van der Waals surface area contributed by atoms with Gasteiger partial charge in [-0.2, -0.15) is 5.10 Å². The van der Waals surface area contributed by atoms with Crippen LogP contribution in [0.25, 0.3) is 0 Å². The van der Waals surface area contributed by atoms with E-state index >= 15 is 0 Å². The van der Waals surface area contributed by atoms with Gasteiger partial charge in [-0.1, -0.05) is 13.3 Å². The van der Waals surface area contributed by atoms with Crippen LogP contribution in [0.15, 0.2) is 0 Å². The van der Waals surface area contributed by atoms with Gasteiger partial charge in [-0.05, 0) is 13.5 Å². The van der Waals surface area contributed by atoms with E-state index in [4.69, 9.17) is 5.73 Å². The number of nitrogen functional groups attached to an aromatic ring is 1. The van der Waals surface area contributed by atoms with Crippen LogP contribution in [0.5, 0.6) is 0 Å². The molecule has 0 aliphatic rings. The largest absolute Gasteiger partial charge is 0.394 e. The van der Waals surface area contributed by atoms with Crippen LogP contribution in [0.2, 0.25) is 0 Å². The molecular weight excluding hydrogens is 202 g/mol. The maximum absolute atomic E-state index is 6.12. The minimum absolute atomic E-state index is 0.822. The molecule has 1 aromatic rings. The van der Waals surface area contributed by atoms with Gasteiger partial charge in [0.15, 0.2) is 0 Å². The molecule has 3 N–H and O–H groups in total. The van der Waals surface area contributed by atoms with E-state index in [0.29, 0.717) is 0 Å². The molecule has 16 heavy (non-hydrogen) atoms. The van der Waals surface area contributed by atoms with E-state index in [2.05, 4.69) is 22.2 Å². The summed E-state index contributed by atoms with van der Waals surface area (Å²) in [4.78, 5) is 2.14. The zero-order valence-corrected chi connectivity index (χ0v) is 10.7. The number of likely N-dealkylation sites (N-methyl/N-ethyl adjacent to an activating group) is 2. The number of hydrogen-bond acceptors (Lipinski definition) is 4. The summed E-state index contributed by atoms with van der Waals surface area (Å²) in [7, 11) is 5.93. The minimum Gasteiger partial charge on any atom is -0.394 e. The highest BCUT2D eigenvalue weighted by Crippen LogP contribution is 2.25. The Labute approximate surface area is 97.6 Å². The lowest BCUT2D eigenvalue weighted by Gasteiger charge is -2.19. The molecular formula is C11H23N5.